The van der Waals surface area contributed by atoms with Gasteiger partial charge in [-0.3, -0.25) is 8.98 Å². The molecule has 1 fully saturated rings. The van der Waals surface area contributed by atoms with Crippen molar-refractivity contribution in [3.63, 3.8) is 0 Å². The van der Waals surface area contributed by atoms with Crippen LogP contribution >= 0.6 is 15.9 Å². The van der Waals surface area contributed by atoms with Crippen LogP contribution in [0.3, 0.4) is 0 Å². The van der Waals surface area contributed by atoms with Gasteiger partial charge in [0, 0.05) is 41.7 Å². The first-order valence-corrected chi connectivity index (χ1v) is 14.2. The fourth-order valence-corrected chi connectivity index (χ4v) is 6.20. The average molecular weight is 600 g/mol. The zero-order valence-corrected chi connectivity index (χ0v) is 22.0. The molecule has 3 aromatic rings. The topological polar surface area (TPSA) is 170 Å². The molecule has 0 radical (unpaired) electrons. The highest BCUT2D eigenvalue weighted by Crippen LogP contribution is 2.28. The van der Waals surface area contributed by atoms with Gasteiger partial charge in [-0.05, 0) is 37.1 Å². The first-order valence-electron chi connectivity index (χ1n) is 10.6. The Morgan fingerprint density at radius 1 is 1.22 bits per heavy atom. The number of carbonyl (C=O) groups excluding carboxylic acids is 1. The number of aliphatic hydroxyl groups excluding tert-OH is 1. The largest absolute Gasteiger partial charge is 0.390 e. The number of anilines is 1. The van der Waals surface area contributed by atoms with Gasteiger partial charge in [0.05, 0.1) is 16.6 Å². The molecule has 36 heavy (non-hydrogen) atoms. The molecule has 1 saturated carbocycles. The van der Waals surface area contributed by atoms with Gasteiger partial charge < -0.3 is 10.4 Å². The number of carbonyl (C=O) groups is 1. The molecule has 192 valence electrons. The van der Waals surface area contributed by atoms with Gasteiger partial charge in [-0.2, -0.15) is 13.1 Å². The number of hydrogen-bond donors (Lipinski definition) is 3. The van der Waals surface area contributed by atoms with Crippen molar-refractivity contribution in [2.75, 3.05) is 12.4 Å². The van der Waals surface area contributed by atoms with E-state index in [1.54, 1.807) is 12.1 Å². The van der Waals surface area contributed by atoms with Crippen LogP contribution in [0, 0.1) is 0 Å². The molecule has 0 saturated heterocycles. The third-order valence-corrected chi connectivity index (χ3v) is 8.70. The first-order chi connectivity index (χ1) is 17.0. The Bertz CT molecular complexity index is 1490. The Morgan fingerprint density at radius 2 is 2.00 bits per heavy atom. The predicted octanol–water partition coefficient (Wildman–Crippen LogP) is 1.29. The molecule has 12 nitrogen and oxygen atoms in total. The quantitative estimate of drug-likeness (QED) is 0.304. The third kappa shape index (κ3) is 5.66. The van der Waals surface area contributed by atoms with E-state index in [0.29, 0.717) is 4.47 Å². The summed E-state index contributed by atoms with van der Waals surface area (Å²) in [7, 11) is -6.72. The monoisotopic (exact) mass is 599 g/mol. The maximum absolute atomic E-state index is 13.2. The highest BCUT2D eigenvalue weighted by Gasteiger charge is 2.37. The van der Waals surface area contributed by atoms with Crippen molar-refractivity contribution in [2.24, 2.45) is 0 Å². The highest BCUT2D eigenvalue weighted by atomic mass is 79.9. The van der Waals surface area contributed by atoms with Crippen LogP contribution in [0.4, 0.5) is 5.82 Å². The van der Waals surface area contributed by atoms with Crippen molar-refractivity contribution >= 4 is 47.9 Å². The smallest absolute Gasteiger partial charge is 0.335 e. The van der Waals surface area contributed by atoms with Crippen LogP contribution in [0.2, 0.25) is 0 Å². The fourth-order valence-electron chi connectivity index (χ4n) is 3.78. The normalized spacial score (nSPS) is 20.4. The summed E-state index contributed by atoms with van der Waals surface area (Å²) in [5.74, 6) is -0.364. The summed E-state index contributed by atoms with van der Waals surface area (Å²) in [6, 6.07) is 7.13. The Morgan fingerprint density at radius 3 is 2.72 bits per heavy atom. The summed E-state index contributed by atoms with van der Waals surface area (Å²) in [5, 5.41) is 13.3. The molecule has 1 aliphatic carbocycles. The van der Waals surface area contributed by atoms with Gasteiger partial charge in [0.15, 0.2) is 5.78 Å². The molecule has 0 spiro atoms. The van der Waals surface area contributed by atoms with E-state index in [1.807, 2.05) is 4.72 Å². The summed E-state index contributed by atoms with van der Waals surface area (Å²) in [6.45, 7) is 0. The minimum atomic E-state index is -3.99. The summed E-state index contributed by atoms with van der Waals surface area (Å²) >= 11 is 3.25. The lowest BCUT2D eigenvalue weighted by molar-refractivity contribution is 0.0636. The molecular weight excluding hydrogens is 578 g/mol. The molecule has 1 aromatic carbocycles. The van der Waals surface area contributed by atoms with E-state index in [4.69, 9.17) is 4.18 Å². The maximum atomic E-state index is 13.2. The van der Waals surface area contributed by atoms with E-state index >= 15 is 0 Å². The number of nitrogens with one attached hydrogen (secondary N) is 2. The van der Waals surface area contributed by atoms with Gasteiger partial charge in [0.1, 0.15) is 18.2 Å². The lowest BCUT2D eigenvalue weighted by Crippen LogP contribution is -2.31. The van der Waals surface area contributed by atoms with Gasteiger partial charge in [-0.1, -0.05) is 22.0 Å². The SMILES string of the molecule is CNS(=O)(=O)O[C@@H]1C[C@H](Nc2ncncc2C(=O)c2ccn(S(=O)(=O)c3cccc(Br)c3)c2)C[C@@H]1O. The lowest BCUT2D eigenvalue weighted by Gasteiger charge is -2.15. The lowest BCUT2D eigenvalue weighted by atomic mass is 10.1. The Labute approximate surface area is 216 Å². The minimum absolute atomic E-state index is 0.0497. The van der Waals surface area contributed by atoms with E-state index in [1.165, 1.54) is 50.2 Å². The van der Waals surface area contributed by atoms with Gasteiger partial charge >= 0.3 is 10.3 Å². The van der Waals surface area contributed by atoms with Crippen LogP contribution in [0.15, 0.2) is 64.6 Å². The zero-order chi connectivity index (χ0) is 26.1. The van der Waals surface area contributed by atoms with Crippen LogP contribution in [-0.4, -0.2) is 67.0 Å². The summed E-state index contributed by atoms with van der Waals surface area (Å²) in [6.07, 6.45) is 3.28. The van der Waals surface area contributed by atoms with Crippen molar-refractivity contribution in [3.8, 4) is 0 Å². The number of ketones is 1. The number of aromatic nitrogens is 3. The van der Waals surface area contributed by atoms with E-state index in [2.05, 4.69) is 31.2 Å². The van der Waals surface area contributed by atoms with E-state index in [0.717, 1.165) is 3.97 Å². The number of nitrogens with zero attached hydrogens (tertiary/aromatic N) is 3. The second-order valence-corrected chi connectivity index (χ2v) is 12.2. The van der Waals surface area contributed by atoms with Gasteiger partial charge in [0.25, 0.3) is 10.0 Å². The summed E-state index contributed by atoms with van der Waals surface area (Å²) < 4.78 is 57.8. The van der Waals surface area contributed by atoms with Crippen molar-refractivity contribution in [2.45, 2.75) is 36.0 Å². The highest BCUT2D eigenvalue weighted by molar-refractivity contribution is 9.10. The third-order valence-electron chi connectivity index (χ3n) is 5.57. The number of aliphatic hydroxyl groups is 1. The molecule has 2 aromatic heterocycles. The molecule has 0 bridgehead atoms. The number of benzene rings is 1. The van der Waals surface area contributed by atoms with Gasteiger partial charge in [0.2, 0.25) is 0 Å². The number of halogens is 1. The minimum Gasteiger partial charge on any atom is -0.390 e. The zero-order valence-electron chi connectivity index (χ0n) is 18.8. The maximum Gasteiger partial charge on any atom is 0.335 e. The molecule has 2 heterocycles. The predicted molar refractivity (Wildman–Crippen MR) is 132 cm³/mol. The molecule has 15 heteroatoms. The number of rotatable bonds is 9. The van der Waals surface area contributed by atoms with Crippen LogP contribution in [0.5, 0.6) is 0 Å². The van der Waals surface area contributed by atoms with Crippen molar-refractivity contribution in [1.82, 2.24) is 18.7 Å². The summed E-state index contributed by atoms with van der Waals surface area (Å²) in [5.41, 5.74) is 0.177. The van der Waals surface area contributed by atoms with Crippen LogP contribution in [0.1, 0.15) is 28.8 Å². The summed E-state index contributed by atoms with van der Waals surface area (Å²) in [4.78, 5) is 21.3. The van der Waals surface area contributed by atoms with E-state index < -0.39 is 44.4 Å². The van der Waals surface area contributed by atoms with Crippen molar-refractivity contribution in [1.29, 1.82) is 0 Å². The average Bonchev–Trinajstić information content (AvgIpc) is 3.46. The molecule has 0 aliphatic heterocycles. The standard InChI is InChI=1S/C21H22BrN5O7S2/c1-23-36(32,33)34-19-9-15(8-18(19)28)26-21-17(10-24-12-25-21)20(29)13-5-6-27(11-13)35(30,31)16-4-2-3-14(22)7-16/h2-7,10-12,15,18-19,23,28H,8-9H2,1H3,(H,24,25,26)/t15-,18+,19-/m1/s1. The van der Waals surface area contributed by atoms with Crippen LogP contribution in [0.25, 0.3) is 0 Å². The van der Waals surface area contributed by atoms with E-state index in [9.17, 15) is 26.7 Å². The van der Waals surface area contributed by atoms with E-state index in [-0.39, 0.29) is 34.7 Å². The Kier molecular flexibility index (Phi) is 7.59. The molecule has 0 unspecified atom stereocenters. The molecule has 3 N–H and O–H groups in total. The van der Waals surface area contributed by atoms with Crippen LogP contribution < -0.4 is 10.0 Å². The molecule has 4 rings (SSSR count). The van der Waals surface area contributed by atoms with Crippen molar-refractivity contribution < 1.29 is 30.9 Å². The molecule has 0 amide bonds. The Balaban J connectivity index is 1.54. The van der Waals surface area contributed by atoms with Gasteiger partial charge in [-0.25, -0.2) is 22.4 Å². The van der Waals surface area contributed by atoms with Gasteiger partial charge in [-0.15, -0.1) is 0 Å². The molecular formula is C21H22BrN5O7S2. The Hall–Kier alpha value is -2.69. The number of hydrogen-bond acceptors (Lipinski definition) is 10. The molecule has 1 aliphatic rings. The van der Waals surface area contributed by atoms with Crippen LogP contribution in [-0.2, 0) is 24.5 Å². The first kappa shape index (κ1) is 26.4. The van der Waals surface area contributed by atoms with Crippen molar-refractivity contribution in [3.05, 3.63) is 70.8 Å². The second-order valence-electron chi connectivity index (χ2n) is 7.98. The fraction of sp³-hybridized carbons (Fsp3) is 0.286. The molecule has 3 atom stereocenters. The second kappa shape index (κ2) is 10.4.